The third kappa shape index (κ3) is 5.13. The average Bonchev–Trinajstić information content (AvgIpc) is 3.15. The van der Waals surface area contributed by atoms with Crippen LogP contribution in [0.3, 0.4) is 0 Å². The molecule has 0 aliphatic carbocycles. The molecule has 29 heavy (non-hydrogen) atoms. The topological polar surface area (TPSA) is 76.4 Å². The number of benzene rings is 2. The van der Waals surface area contributed by atoms with E-state index in [0.29, 0.717) is 11.1 Å². The lowest BCUT2D eigenvalue weighted by molar-refractivity contribution is -0.129. The minimum Gasteiger partial charge on any atom is -0.476 e. The van der Waals surface area contributed by atoms with Gasteiger partial charge in [0, 0.05) is 30.4 Å². The Kier molecular flexibility index (Phi) is 6.20. The molecule has 1 heterocycles. The number of rotatable bonds is 7. The molecular formula is C21H21ClFN3O3. The number of amides is 1. The molecule has 2 atom stereocenters. The second kappa shape index (κ2) is 8.63. The highest BCUT2D eigenvalue weighted by Gasteiger charge is 2.29. The van der Waals surface area contributed by atoms with Crippen molar-refractivity contribution in [1.29, 1.82) is 0 Å². The molecule has 1 amide bonds. The molecule has 0 spiro atoms. The summed E-state index contributed by atoms with van der Waals surface area (Å²) in [6.45, 7) is 1.54. The summed E-state index contributed by atoms with van der Waals surface area (Å²) < 4.78 is 20.8. The van der Waals surface area contributed by atoms with Crippen molar-refractivity contribution in [3.05, 3.63) is 82.9 Å². The summed E-state index contributed by atoms with van der Waals surface area (Å²) in [6.07, 6.45) is 2.21. The molecule has 0 aliphatic rings. The van der Waals surface area contributed by atoms with Crippen LogP contribution in [0.5, 0.6) is 5.75 Å². The quantitative estimate of drug-likeness (QED) is 0.618. The lowest BCUT2D eigenvalue weighted by Gasteiger charge is -2.25. The highest BCUT2D eigenvalue weighted by molar-refractivity contribution is 6.30. The van der Waals surface area contributed by atoms with Gasteiger partial charge in [0.15, 0.2) is 0 Å². The summed E-state index contributed by atoms with van der Waals surface area (Å²) in [4.78, 5) is 12.9. The van der Waals surface area contributed by atoms with E-state index in [1.54, 1.807) is 49.1 Å². The predicted octanol–water partition coefficient (Wildman–Crippen LogP) is 3.36. The van der Waals surface area contributed by atoms with Crippen molar-refractivity contribution >= 4 is 17.5 Å². The summed E-state index contributed by atoms with van der Waals surface area (Å²) in [7, 11) is 1.74. The zero-order chi connectivity index (χ0) is 21.0. The number of aliphatic hydroxyl groups is 1. The van der Waals surface area contributed by atoms with E-state index in [-0.39, 0.29) is 17.3 Å². The van der Waals surface area contributed by atoms with Crippen molar-refractivity contribution in [3.8, 4) is 5.75 Å². The Balaban J connectivity index is 1.78. The van der Waals surface area contributed by atoms with Gasteiger partial charge in [-0.25, -0.2) is 4.39 Å². The molecule has 0 radical (unpaired) electrons. The predicted molar refractivity (Wildman–Crippen MR) is 107 cm³/mol. The first-order valence-electron chi connectivity index (χ1n) is 8.92. The molecule has 1 aromatic heterocycles. The van der Waals surface area contributed by atoms with Gasteiger partial charge in [0.1, 0.15) is 17.2 Å². The van der Waals surface area contributed by atoms with E-state index in [0.717, 1.165) is 0 Å². The van der Waals surface area contributed by atoms with Gasteiger partial charge in [-0.15, -0.1) is 0 Å². The van der Waals surface area contributed by atoms with E-state index in [2.05, 4.69) is 10.4 Å². The van der Waals surface area contributed by atoms with Gasteiger partial charge in [-0.1, -0.05) is 41.9 Å². The zero-order valence-electron chi connectivity index (χ0n) is 16.0. The van der Waals surface area contributed by atoms with Gasteiger partial charge < -0.3 is 15.2 Å². The summed E-state index contributed by atoms with van der Waals surface area (Å²) in [5, 5.41) is 17.3. The van der Waals surface area contributed by atoms with Crippen LogP contribution in [-0.2, 0) is 17.4 Å². The van der Waals surface area contributed by atoms with Crippen LogP contribution in [0.4, 0.5) is 4.39 Å². The molecule has 2 N–H and O–H groups in total. The van der Waals surface area contributed by atoms with E-state index in [1.807, 2.05) is 6.07 Å². The molecule has 2 aromatic carbocycles. The van der Waals surface area contributed by atoms with E-state index in [4.69, 9.17) is 16.3 Å². The first-order chi connectivity index (χ1) is 13.8. The Morgan fingerprint density at radius 2 is 2.07 bits per heavy atom. The van der Waals surface area contributed by atoms with Crippen molar-refractivity contribution in [2.45, 2.75) is 18.6 Å². The van der Waals surface area contributed by atoms with Gasteiger partial charge in [0.05, 0.1) is 17.8 Å². The third-order valence-corrected chi connectivity index (χ3v) is 4.71. The Labute approximate surface area is 172 Å². The maximum Gasteiger partial charge on any atom is 0.265 e. The smallest absolute Gasteiger partial charge is 0.265 e. The molecule has 8 heteroatoms. The van der Waals surface area contributed by atoms with Gasteiger partial charge in [0.25, 0.3) is 5.91 Å². The number of ether oxygens (including phenoxy) is 1. The fraction of sp³-hybridized carbons (Fsp3) is 0.238. The fourth-order valence-electron chi connectivity index (χ4n) is 2.74. The zero-order valence-corrected chi connectivity index (χ0v) is 16.7. The molecule has 0 saturated carbocycles. The molecule has 6 nitrogen and oxygen atoms in total. The van der Waals surface area contributed by atoms with Gasteiger partial charge in [-0.2, -0.15) is 5.10 Å². The molecule has 3 rings (SSSR count). The van der Waals surface area contributed by atoms with Crippen molar-refractivity contribution in [2.24, 2.45) is 7.05 Å². The normalized spacial score (nSPS) is 14.1. The minimum atomic E-state index is -1.32. The second-order valence-corrected chi connectivity index (χ2v) is 7.29. The fourth-order valence-corrected chi connectivity index (χ4v) is 2.91. The van der Waals surface area contributed by atoms with Gasteiger partial charge in [0.2, 0.25) is 6.10 Å². The van der Waals surface area contributed by atoms with Crippen LogP contribution >= 0.6 is 11.6 Å². The maximum atomic E-state index is 13.4. The monoisotopic (exact) mass is 417 g/mol. The van der Waals surface area contributed by atoms with E-state index < -0.39 is 23.4 Å². The summed E-state index contributed by atoms with van der Waals surface area (Å²) in [6, 6.07) is 12.8. The molecule has 0 aliphatic heterocycles. The molecule has 152 valence electrons. The summed E-state index contributed by atoms with van der Waals surface area (Å²) in [5.41, 5.74) is -0.140. The summed E-state index contributed by atoms with van der Waals surface area (Å²) >= 11 is 5.82. The third-order valence-electron chi connectivity index (χ3n) is 4.42. The van der Waals surface area contributed by atoms with E-state index in [9.17, 15) is 14.3 Å². The molecule has 0 bridgehead atoms. The molecule has 0 saturated heterocycles. The van der Waals surface area contributed by atoms with E-state index >= 15 is 0 Å². The molecule has 2 unspecified atom stereocenters. The Bertz CT molecular complexity index is 992. The number of aromatic nitrogens is 2. The van der Waals surface area contributed by atoms with E-state index in [1.165, 1.54) is 24.4 Å². The number of carbonyl (C=O) groups is 1. The lowest BCUT2D eigenvalue weighted by Crippen LogP contribution is -2.41. The van der Waals surface area contributed by atoms with Crippen molar-refractivity contribution < 1.29 is 19.0 Å². The SMILES string of the molecule is Cn1cc(C(C)(O)CNC(=O)C(Oc2ccc(F)c(Cl)c2)c2ccccc2)cn1. The van der Waals surface area contributed by atoms with Gasteiger partial charge in [-0.3, -0.25) is 9.48 Å². The Hall–Kier alpha value is -2.90. The van der Waals surface area contributed by atoms with Crippen LogP contribution in [0.25, 0.3) is 0 Å². The van der Waals surface area contributed by atoms with Crippen LogP contribution in [0.1, 0.15) is 24.2 Å². The number of nitrogens with zero attached hydrogens (tertiary/aromatic N) is 2. The van der Waals surface area contributed by atoms with Crippen molar-refractivity contribution in [2.75, 3.05) is 6.54 Å². The number of aryl methyl sites for hydroxylation is 1. The highest BCUT2D eigenvalue weighted by atomic mass is 35.5. The Morgan fingerprint density at radius 1 is 1.34 bits per heavy atom. The number of carbonyl (C=O) groups excluding carboxylic acids is 1. The Morgan fingerprint density at radius 3 is 2.69 bits per heavy atom. The largest absolute Gasteiger partial charge is 0.476 e. The van der Waals surface area contributed by atoms with Gasteiger partial charge >= 0.3 is 0 Å². The highest BCUT2D eigenvalue weighted by Crippen LogP contribution is 2.27. The summed E-state index contributed by atoms with van der Waals surface area (Å²) in [5.74, 6) is -0.785. The molecular weight excluding hydrogens is 397 g/mol. The van der Waals surface area contributed by atoms with Crippen molar-refractivity contribution in [1.82, 2.24) is 15.1 Å². The average molecular weight is 418 g/mol. The first-order valence-corrected chi connectivity index (χ1v) is 9.30. The standard InChI is InChI=1S/C21H21ClFN3O3/c1-21(28,15-11-25-26(2)12-15)13-24-20(27)19(14-6-4-3-5-7-14)29-16-8-9-18(23)17(22)10-16/h3-12,19,28H,13H2,1-2H3,(H,24,27). The van der Waals surface area contributed by atoms with Crippen molar-refractivity contribution in [3.63, 3.8) is 0 Å². The van der Waals surface area contributed by atoms with Crippen LogP contribution < -0.4 is 10.1 Å². The number of hydrogen-bond acceptors (Lipinski definition) is 4. The van der Waals surface area contributed by atoms with Crippen LogP contribution in [-0.4, -0.2) is 27.3 Å². The first kappa shape index (κ1) is 20.8. The van der Waals surface area contributed by atoms with Crippen LogP contribution in [0.15, 0.2) is 60.9 Å². The number of halogens is 2. The molecule has 0 fully saturated rings. The van der Waals surface area contributed by atoms with Crippen LogP contribution in [0, 0.1) is 5.82 Å². The lowest BCUT2D eigenvalue weighted by atomic mass is 9.99. The van der Waals surface area contributed by atoms with Gasteiger partial charge in [-0.05, 0) is 19.1 Å². The maximum absolute atomic E-state index is 13.4. The number of hydrogen-bond donors (Lipinski definition) is 2. The second-order valence-electron chi connectivity index (χ2n) is 6.88. The van der Waals surface area contributed by atoms with Crippen LogP contribution in [0.2, 0.25) is 5.02 Å². The molecule has 3 aromatic rings. The minimum absolute atomic E-state index is 0.0472. The number of nitrogens with one attached hydrogen (secondary N) is 1.